The first kappa shape index (κ1) is 18.1. The first-order valence-corrected chi connectivity index (χ1v) is 9.07. The minimum atomic E-state index is -0.670. The van der Waals surface area contributed by atoms with Crippen molar-refractivity contribution in [2.45, 2.75) is 40.0 Å². The average molecular weight is 373 g/mol. The number of nitrogens with zero attached hydrogens (tertiary/aromatic N) is 3. The van der Waals surface area contributed by atoms with E-state index in [1.54, 1.807) is 0 Å². The van der Waals surface area contributed by atoms with E-state index in [9.17, 15) is 20.2 Å². The molecule has 8 nitrogen and oxygen atoms in total. The SMILES string of the molecule is CC(C)(C)C1CCc2c(sc(NC(=O)c3[nH]ncc3[N+](=O)[O-])c2C#N)C1. The molecular weight excluding hydrogens is 354 g/mol. The highest BCUT2D eigenvalue weighted by molar-refractivity contribution is 7.16. The van der Waals surface area contributed by atoms with Crippen molar-refractivity contribution in [2.24, 2.45) is 11.3 Å². The summed E-state index contributed by atoms with van der Waals surface area (Å²) in [6.45, 7) is 6.63. The van der Waals surface area contributed by atoms with Crippen LogP contribution in [-0.2, 0) is 12.8 Å². The number of nitro groups is 1. The van der Waals surface area contributed by atoms with Gasteiger partial charge in [-0.3, -0.25) is 20.0 Å². The van der Waals surface area contributed by atoms with E-state index < -0.39 is 16.5 Å². The Bertz CT molecular complexity index is 916. The second kappa shape index (κ2) is 6.53. The summed E-state index contributed by atoms with van der Waals surface area (Å²) in [5.74, 6) is -0.158. The lowest BCUT2D eigenvalue weighted by molar-refractivity contribution is -0.385. The van der Waals surface area contributed by atoms with Crippen LogP contribution < -0.4 is 5.32 Å². The number of aromatic amines is 1. The van der Waals surface area contributed by atoms with Gasteiger partial charge in [0.15, 0.2) is 0 Å². The van der Waals surface area contributed by atoms with Crippen LogP contribution in [0.4, 0.5) is 10.7 Å². The number of H-pyrrole nitrogens is 1. The van der Waals surface area contributed by atoms with E-state index in [4.69, 9.17) is 0 Å². The monoisotopic (exact) mass is 373 g/mol. The summed E-state index contributed by atoms with van der Waals surface area (Å²) in [4.78, 5) is 23.8. The lowest BCUT2D eigenvalue weighted by atomic mass is 9.72. The van der Waals surface area contributed by atoms with Gasteiger partial charge in [-0.05, 0) is 36.2 Å². The largest absolute Gasteiger partial charge is 0.319 e. The van der Waals surface area contributed by atoms with Crippen molar-refractivity contribution in [3.05, 3.63) is 38.0 Å². The Hall–Kier alpha value is -2.73. The molecule has 0 saturated heterocycles. The molecule has 3 rings (SSSR count). The van der Waals surface area contributed by atoms with Gasteiger partial charge in [0.25, 0.3) is 5.91 Å². The van der Waals surface area contributed by atoms with Crippen molar-refractivity contribution in [1.29, 1.82) is 5.26 Å². The maximum Gasteiger partial charge on any atom is 0.319 e. The fraction of sp³-hybridized carbons (Fsp3) is 0.471. The third-order valence-electron chi connectivity index (χ3n) is 4.87. The molecule has 0 saturated carbocycles. The van der Waals surface area contributed by atoms with E-state index >= 15 is 0 Å². The predicted octanol–water partition coefficient (Wildman–Crippen LogP) is 3.65. The minimum absolute atomic E-state index is 0.175. The number of rotatable bonds is 3. The zero-order valence-corrected chi connectivity index (χ0v) is 15.6. The molecule has 0 aliphatic heterocycles. The van der Waals surface area contributed by atoms with Crippen LogP contribution in [-0.4, -0.2) is 21.0 Å². The van der Waals surface area contributed by atoms with Gasteiger partial charge >= 0.3 is 5.69 Å². The van der Waals surface area contributed by atoms with Gasteiger partial charge in [-0.15, -0.1) is 11.3 Å². The number of hydrogen-bond acceptors (Lipinski definition) is 6. The van der Waals surface area contributed by atoms with E-state index in [0.717, 1.165) is 35.9 Å². The second-order valence-corrected chi connectivity index (χ2v) is 8.57. The predicted molar refractivity (Wildman–Crippen MR) is 97.2 cm³/mol. The number of fused-ring (bicyclic) bond motifs is 1. The molecular formula is C17H19N5O3S. The summed E-state index contributed by atoms with van der Waals surface area (Å²) in [5.41, 5.74) is 1.02. The van der Waals surface area contributed by atoms with Gasteiger partial charge in [0.2, 0.25) is 5.69 Å². The molecule has 2 aromatic rings. The molecule has 0 bridgehead atoms. The number of carbonyl (C=O) groups excluding carboxylic acids is 1. The van der Waals surface area contributed by atoms with Crippen LogP contribution in [0, 0.1) is 32.8 Å². The van der Waals surface area contributed by atoms with E-state index in [2.05, 4.69) is 42.4 Å². The van der Waals surface area contributed by atoms with E-state index in [-0.39, 0.29) is 11.1 Å². The number of amides is 1. The number of aromatic nitrogens is 2. The quantitative estimate of drug-likeness (QED) is 0.627. The Morgan fingerprint density at radius 2 is 2.27 bits per heavy atom. The van der Waals surface area contributed by atoms with Crippen molar-refractivity contribution in [2.75, 3.05) is 5.32 Å². The summed E-state index contributed by atoms with van der Waals surface area (Å²) in [5, 5.41) is 29.5. The fourth-order valence-corrected chi connectivity index (χ4v) is 4.56. The third-order valence-corrected chi connectivity index (χ3v) is 6.04. The molecule has 1 unspecified atom stereocenters. The standard InChI is InChI=1S/C17H19N5O3S/c1-17(2,3)9-4-5-10-11(7-18)16(26-13(10)6-9)20-15(23)14-12(22(24)25)8-19-21-14/h8-9H,4-6H2,1-3H3,(H,19,21)(H,20,23). The first-order valence-electron chi connectivity index (χ1n) is 8.26. The molecule has 2 heterocycles. The summed E-state index contributed by atoms with van der Waals surface area (Å²) in [6, 6.07) is 2.18. The van der Waals surface area contributed by atoms with Gasteiger partial charge in [-0.1, -0.05) is 20.8 Å². The summed E-state index contributed by atoms with van der Waals surface area (Å²) >= 11 is 1.39. The lowest BCUT2D eigenvalue weighted by Crippen LogP contribution is -2.26. The molecule has 9 heteroatoms. The van der Waals surface area contributed by atoms with Crippen LogP contribution in [0.25, 0.3) is 0 Å². The Morgan fingerprint density at radius 3 is 2.88 bits per heavy atom. The number of thiophene rings is 1. The molecule has 26 heavy (non-hydrogen) atoms. The number of carbonyl (C=O) groups is 1. The normalized spacial score (nSPS) is 16.6. The maximum atomic E-state index is 12.4. The van der Waals surface area contributed by atoms with Crippen molar-refractivity contribution in [1.82, 2.24) is 10.2 Å². The molecule has 2 aromatic heterocycles. The van der Waals surface area contributed by atoms with Crippen LogP contribution in [0.1, 0.15) is 53.7 Å². The molecule has 0 aromatic carbocycles. The average Bonchev–Trinajstić information content (AvgIpc) is 3.17. The van der Waals surface area contributed by atoms with Crippen LogP contribution >= 0.6 is 11.3 Å². The zero-order chi connectivity index (χ0) is 19.1. The van der Waals surface area contributed by atoms with E-state index in [0.29, 0.717) is 16.5 Å². The van der Waals surface area contributed by atoms with E-state index in [1.165, 1.54) is 11.3 Å². The van der Waals surface area contributed by atoms with Gasteiger partial charge in [0, 0.05) is 4.88 Å². The number of nitrogens with one attached hydrogen (secondary N) is 2. The van der Waals surface area contributed by atoms with Gasteiger partial charge in [0.1, 0.15) is 17.3 Å². The zero-order valence-electron chi connectivity index (χ0n) is 14.8. The fourth-order valence-electron chi connectivity index (χ4n) is 3.28. The molecule has 0 spiro atoms. The molecule has 1 aliphatic carbocycles. The molecule has 136 valence electrons. The van der Waals surface area contributed by atoms with Crippen molar-refractivity contribution in [3.8, 4) is 6.07 Å². The molecule has 2 N–H and O–H groups in total. The Labute approximate surface area is 154 Å². The van der Waals surface area contributed by atoms with Crippen molar-refractivity contribution in [3.63, 3.8) is 0 Å². The topological polar surface area (TPSA) is 125 Å². The van der Waals surface area contributed by atoms with Gasteiger partial charge in [0.05, 0.1) is 10.5 Å². The summed E-state index contributed by atoms with van der Waals surface area (Å²) < 4.78 is 0. The summed E-state index contributed by atoms with van der Waals surface area (Å²) in [7, 11) is 0. The van der Waals surface area contributed by atoms with Gasteiger partial charge in [-0.2, -0.15) is 10.4 Å². The van der Waals surface area contributed by atoms with Crippen LogP contribution in [0.3, 0.4) is 0 Å². The number of anilines is 1. The highest BCUT2D eigenvalue weighted by Gasteiger charge is 2.33. The van der Waals surface area contributed by atoms with Crippen molar-refractivity contribution < 1.29 is 9.72 Å². The molecule has 1 aliphatic rings. The molecule has 0 radical (unpaired) electrons. The maximum absolute atomic E-state index is 12.4. The highest BCUT2D eigenvalue weighted by Crippen LogP contribution is 2.44. The Morgan fingerprint density at radius 1 is 1.54 bits per heavy atom. The summed E-state index contributed by atoms with van der Waals surface area (Å²) in [6.07, 6.45) is 3.67. The van der Waals surface area contributed by atoms with Crippen molar-refractivity contribution >= 4 is 27.9 Å². The third kappa shape index (κ3) is 3.20. The smallest absolute Gasteiger partial charge is 0.311 e. The van der Waals surface area contributed by atoms with Crippen LogP contribution in [0.5, 0.6) is 0 Å². The molecule has 1 atom stereocenters. The van der Waals surface area contributed by atoms with E-state index in [1.807, 2.05) is 0 Å². The lowest BCUT2D eigenvalue weighted by Gasteiger charge is -2.33. The first-order chi connectivity index (χ1) is 12.2. The number of nitriles is 1. The van der Waals surface area contributed by atoms with Gasteiger partial charge < -0.3 is 5.32 Å². The number of hydrogen-bond donors (Lipinski definition) is 2. The Kier molecular flexibility index (Phi) is 4.54. The Balaban J connectivity index is 1.89. The van der Waals surface area contributed by atoms with Crippen LogP contribution in [0.2, 0.25) is 0 Å². The molecule has 1 amide bonds. The highest BCUT2D eigenvalue weighted by atomic mass is 32.1. The molecule has 0 fully saturated rings. The van der Waals surface area contributed by atoms with Crippen LogP contribution in [0.15, 0.2) is 6.20 Å². The van der Waals surface area contributed by atoms with Gasteiger partial charge in [-0.25, -0.2) is 0 Å². The second-order valence-electron chi connectivity index (χ2n) is 7.47. The minimum Gasteiger partial charge on any atom is -0.311 e.